The molecule has 1 aliphatic heterocycles. The van der Waals surface area contributed by atoms with Crippen molar-refractivity contribution in [1.82, 2.24) is 14.9 Å². The summed E-state index contributed by atoms with van der Waals surface area (Å²) in [7, 11) is 0. The molecule has 1 aliphatic rings. The molecule has 1 aromatic carbocycles. The van der Waals surface area contributed by atoms with Gasteiger partial charge in [0.2, 0.25) is 0 Å². The molecule has 3 rings (SSSR count). The van der Waals surface area contributed by atoms with Crippen LogP contribution in [0.3, 0.4) is 0 Å². The Morgan fingerprint density at radius 1 is 1.24 bits per heavy atom. The monoisotopic (exact) mass is 285 g/mol. The van der Waals surface area contributed by atoms with E-state index in [1.807, 2.05) is 6.92 Å². The minimum absolute atomic E-state index is 0.0128. The van der Waals surface area contributed by atoms with E-state index in [4.69, 9.17) is 0 Å². The summed E-state index contributed by atoms with van der Waals surface area (Å²) >= 11 is 0. The predicted molar refractivity (Wildman–Crippen MR) is 76.2 cm³/mol. The van der Waals surface area contributed by atoms with Crippen LogP contribution in [0.25, 0.3) is 0 Å². The molecule has 21 heavy (non-hydrogen) atoms. The van der Waals surface area contributed by atoms with Crippen molar-refractivity contribution >= 4 is 5.91 Å². The first-order chi connectivity index (χ1) is 10.1. The van der Waals surface area contributed by atoms with Crippen LogP contribution in [0.1, 0.15) is 40.6 Å². The molecular weight excluding hydrogens is 269 g/mol. The molecule has 1 aromatic heterocycles. The maximum Gasteiger partial charge on any atom is 0.274 e. The summed E-state index contributed by atoms with van der Waals surface area (Å²) in [5.74, 6) is -0.381. The van der Waals surface area contributed by atoms with Gasteiger partial charge in [0.25, 0.3) is 5.91 Å². The average molecular weight is 285 g/mol. The van der Waals surface area contributed by atoms with Crippen molar-refractivity contribution in [3.8, 4) is 0 Å². The topological polar surface area (TPSA) is 46.1 Å². The van der Waals surface area contributed by atoms with Gasteiger partial charge in [-0.1, -0.05) is 12.1 Å². The van der Waals surface area contributed by atoms with Gasteiger partial charge >= 0.3 is 0 Å². The molecule has 4 nitrogen and oxygen atoms in total. The van der Waals surface area contributed by atoms with Crippen LogP contribution < -0.4 is 0 Å². The number of nitrogens with zero attached hydrogens (tertiary/aromatic N) is 3. The Balaban J connectivity index is 1.85. The fourth-order valence-electron chi connectivity index (χ4n) is 2.69. The Kier molecular flexibility index (Phi) is 3.64. The third-order valence-electron chi connectivity index (χ3n) is 3.77. The maximum absolute atomic E-state index is 13.0. The number of aryl methyl sites for hydroxylation is 1. The van der Waals surface area contributed by atoms with Crippen LogP contribution >= 0.6 is 0 Å². The summed E-state index contributed by atoms with van der Waals surface area (Å²) in [6.45, 7) is 2.52. The van der Waals surface area contributed by atoms with Gasteiger partial charge in [0, 0.05) is 12.7 Å². The van der Waals surface area contributed by atoms with Crippen LogP contribution in [-0.2, 0) is 0 Å². The van der Waals surface area contributed by atoms with E-state index >= 15 is 0 Å². The highest BCUT2D eigenvalue weighted by molar-refractivity contribution is 5.92. The van der Waals surface area contributed by atoms with Crippen molar-refractivity contribution in [3.63, 3.8) is 0 Å². The SMILES string of the molecule is Cc1cnc(C(=O)N2CCCC2c2ccc(F)cc2)cn1. The standard InChI is InChI=1S/C16H16FN3O/c1-11-9-19-14(10-18-11)16(21)20-8-2-3-15(20)12-4-6-13(17)7-5-12/h4-7,9-10,15H,2-3,8H2,1H3. The Labute approximate surface area is 122 Å². The van der Waals surface area contributed by atoms with E-state index in [9.17, 15) is 9.18 Å². The minimum atomic E-state index is -0.265. The first-order valence-corrected chi connectivity index (χ1v) is 7.00. The second-order valence-corrected chi connectivity index (χ2v) is 5.25. The number of rotatable bonds is 2. The average Bonchev–Trinajstić information content (AvgIpc) is 2.97. The van der Waals surface area contributed by atoms with E-state index < -0.39 is 0 Å². The Morgan fingerprint density at radius 2 is 2.00 bits per heavy atom. The molecule has 2 aromatic rings. The molecule has 0 N–H and O–H groups in total. The minimum Gasteiger partial charge on any atom is -0.330 e. The van der Waals surface area contributed by atoms with Crippen LogP contribution in [0.5, 0.6) is 0 Å². The third kappa shape index (κ3) is 2.77. The zero-order chi connectivity index (χ0) is 14.8. The molecule has 1 unspecified atom stereocenters. The molecule has 1 atom stereocenters. The van der Waals surface area contributed by atoms with Gasteiger partial charge in [-0.05, 0) is 37.5 Å². The van der Waals surface area contributed by atoms with Crippen LogP contribution in [0.4, 0.5) is 4.39 Å². The second kappa shape index (κ2) is 5.60. The molecule has 1 fully saturated rings. The molecule has 5 heteroatoms. The van der Waals surface area contributed by atoms with Gasteiger partial charge in [-0.15, -0.1) is 0 Å². The van der Waals surface area contributed by atoms with Crippen LogP contribution in [-0.4, -0.2) is 27.3 Å². The lowest BCUT2D eigenvalue weighted by atomic mass is 10.0. The van der Waals surface area contributed by atoms with Crippen molar-refractivity contribution in [3.05, 3.63) is 59.4 Å². The molecule has 108 valence electrons. The highest BCUT2D eigenvalue weighted by atomic mass is 19.1. The highest BCUT2D eigenvalue weighted by Crippen LogP contribution is 2.32. The number of likely N-dealkylation sites (tertiary alicyclic amines) is 1. The van der Waals surface area contributed by atoms with E-state index in [1.165, 1.54) is 18.3 Å². The van der Waals surface area contributed by atoms with Crippen LogP contribution in [0.15, 0.2) is 36.7 Å². The Bertz CT molecular complexity index is 640. The van der Waals surface area contributed by atoms with Gasteiger partial charge in [0.05, 0.1) is 17.9 Å². The quantitative estimate of drug-likeness (QED) is 0.852. The number of hydrogen-bond acceptors (Lipinski definition) is 3. The number of halogens is 1. The summed E-state index contributed by atoms with van der Waals surface area (Å²) in [5.41, 5.74) is 2.10. The van der Waals surface area contributed by atoms with E-state index in [1.54, 1.807) is 23.2 Å². The number of benzene rings is 1. The molecule has 0 radical (unpaired) electrons. The van der Waals surface area contributed by atoms with E-state index in [0.717, 1.165) is 24.1 Å². The van der Waals surface area contributed by atoms with E-state index in [-0.39, 0.29) is 17.8 Å². The van der Waals surface area contributed by atoms with Gasteiger partial charge in [0.1, 0.15) is 11.5 Å². The van der Waals surface area contributed by atoms with Gasteiger partial charge in [-0.2, -0.15) is 0 Å². The second-order valence-electron chi connectivity index (χ2n) is 5.25. The van der Waals surface area contributed by atoms with Crippen LogP contribution in [0.2, 0.25) is 0 Å². The summed E-state index contributed by atoms with van der Waals surface area (Å²) in [6.07, 6.45) is 4.93. The fraction of sp³-hybridized carbons (Fsp3) is 0.312. The molecule has 1 amide bonds. The fourth-order valence-corrected chi connectivity index (χ4v) is 2.69. The van der Waals surface area contributed by atoms with E-state index in [2.05, 4.69) is 9.97 Å². The third-order valence-corrected chi connectivity index (χ3v) is 3.77. The van der Waals surface area contributed by atoms with Crippen molar-refractivity contribution < 1.29 is 9.18 Å². The highest BCUT2D eigenvalue weighted by Gasteiger charge is 2.31. The smallest absolute Gasteiger partial charge is 0.274 e. The zero-order valence-electron chi connectivity index (χ0n) is 11.8. The van der Waals surface area contributed by atoms with Gasteiger partial charge in [-0.3, -0.25) is 9.78 Å². The number of carbonyl (C=O) groups excluding carboxylic acids is 1. The van der Waals surface area contributed by atoms with Crippen molar-refractivity contribution in [2.75, 3.05) is 6.54 Å². The summed E-state index contributed by atoms with van der Waals surface area (Å²) in [5, 5.41) is 0. The first-order valence-electron chi connectivity index (χ1n) is 7.00. The number of carbonyl (C=O) groups is 1. The molecule has 0 saturated carbocycles. The number of aromatic nitrogens is 2. The largest absolute Gasteiger partial charge is 0.330 e. The molecule has 0 spiro atoms. The van der Waals surface area contributed by atoms with Crippen molar-refractivity contribution in [2.24, 2.45) is 0 Å². The Hall–Kier alpha value is -2.30. The zero-order valence-corrected chi connectivity index (χ0v) is 11.8. The summed E-state index contributed by atoms with van der Waals surface area (Å²) in [4.78, 5) is 22.6. The Morgan fingerprint density at radius 3 is 2.67 bits per heavy atom. The maximum atomic E-state index is 13.0. The molecule has 1 saturated heterocycles. The van der Waals surface area contributed by atoms with Crippen molar-refractivity contribution in [2.45, 2.75) is 25.8 Å². The molecule has 2 heterocycles. The summed E-state index contributed by atoms with van der Waals surface area (Å²) in [6, 6.07) is 6.34. The van der Waals surface area contributed by atoms with E-state index in [0.29, 0.717) is 12.2 Å². The summed E-state index contributed by atoms with van der Waals surface area (Å²) < 4.78 is 13.0. The molecular formula is C16H16FN3O. The molecule has 0 bridgehead atoms. The molecule has 0 aliphatic carbocycles. The lowest BCUT2D eigenvalue weighted by Crippen LogP contribution is -2.31. The lowest BCUT2D eigenvalue weighted by Gasteiger charge is -2.24. The van der Waals surface area contributed by atoms with Gasteiger partial charge in [0.15, 0.2) is 0 Å². The normalized spacial score (nSPS) is 18.0. The lowest BCUT2D eigenvalue weighted by molar-refractivity contribution is 0.0729. The van der Waals surface area contributed by atoms with Gasteiger partial charge in [-0.25, -0.2) is 9.37 Å². The predicted octanol–water partition coefficient (Wildman–Crippen LogP) is 2.90. The van der Waals surface area contributed by atoms with Crippen molar-refractivity contribution in [1.29, 1.82) is 0 Å². The number of amides is 1. The van der Waals surface area contributed by atoms with Gasteiger partial charge < -0.3 is 4.90 Å². The number of hydrogen-bond donors (Lipinski definition) is 0. The van der Waals surface area contributed by atoms with Crippen LogP contribution in [0, 0.1) is 12.7 Å². The first kappa shape index (κ1) is 13.7.